The largest absolute Gasteiger partial charge is 0.480 e. The molecule has 1 aromatic heterocycles. The highest BCUT2D eigenvalue weighted by Gasteiger charge is 2.36. The van der Waals surface area contributed by atoms with Gasteiger partial charge in [-0.25, -0.2) is 8.42 Å². The molecule has 2 N–H and O–H groups in total. The minimum atomic E-state index is -3.66. The van der Waals surface area contributed by atoms with Crippen LogP contribution < -0.4 is 5.32 Å². The van der Waals surface area contributed by atoms with Crippen LogP contribution in [0.5, 0.6) is 0 Å². The van der Waals surface area contributed by atoms with Crippen LogP contribution in [-0.4, -0.2) is 54.5 Å². The summed E-state index contributed by atoms with van der Waals surface area (Å²) in [4.78, 5) is 15.0. The van der Waals surface area contributed by atoms with E-state index in [9.17, 15) is 13.2 Å². The fourth-order valence-electron chi connectivity index (χ4n) is 2.01. The van der Waals surface area contributed by atoms with E-state index in [0.717, 1.165) is 4.31 Å². The van der Waals surface area contributed by atoms with Gasteiger partial charge in [-0.3, -0.25) is 9.78 Å². The van der Waals surface area contributed by atoms with Gasteiger partial charge in [0.15, 0.2) is 0 Å². The highest BCUT2D eigenvalue weighted by Crippen LogP contribution is 2.15. The molecule has 20 heavy (non-hydrogen) atoms. The average molecular weight is 322 g/mol. The molecular formula is C11H16ClN3O4S. The van der Waals surface area contributed by atoms with Crippen LogP contribution in [0, 0.1) is 0 Å². The number of hydrogen-bond acceptors (Lipinski definition) is 5. The summed E-state index contributed by atoms with van der Waals surface area (Å²) in [6.07, 6.45) is 3.02. The third kappa shape index (κ3) is 3.89. The molecule has 0 radical (unpaired) electrons. The molecule has 0 amide bonds. The van der Waals surface area contributed by atoms with Gasteiger partial charge in [-0.2, -0.15) is 4.31 Å². The van der Waals surface area contributed by atoms with Crippen LogP contribution >= 0.6 is 12.4 Å². The maximum absolute atomic E-state index is 12.3. The van der Waals surface area contributed by atoms with E-state index in [-0.39, 0.29) is 31.2 Å². The number of aromatic nitrogens is 1. The average Bonchev–Trinajstić information content (AvgIpc) is 2.39. The fraction of sp³-hybridized carbons (Fsp3) is 0.455. The Kier molecular flexibility index (Phi) is 5.88. The lowest BCUT2D eigenvalue weighted by atomic mass is 10.2. The van der Waals surface area contributed by atoms with Crippen molar-refractivity contribution in [3.8, 4) is 0 Å². The molecule has 1 aromatic rings. The number of carbonyl (C=O) groups is 1. The molecule has 7 nitrogen and oxygen atoms in total. The molecule has 1 aliphatic heterocycles. The second kappa shape index (κ2) is 6.98. The summed E-state index contributed by atoms with van der Waals surface area (Å²) in [5, 5.41) is 12.0. The van der Waals surface area contributed by atoms with Gasteiger partial charge < -0.3 is 10.4 Å². The van der Waals surface area contributed by atoms with E-state index in [1.54, 1.807) is 18.3 Å². The summed E-state index contributed by atoms with van der Waals surface area (Å²) < 4.78 is 25.6. The van der Waals surface area contributed by atoms with E-state index in [4.69, 9.17) is 5.11 Å². The third-order valence-corrected chi connectivity index (χ3v) is 4.76. The molecule has 2 rings (SSSR count). The Balaban J connectivity index is 0.00000200. The van der Waals surface area contributed by atoms with Crippen LogP contribution in [0.1, 0.15) is 5.56 Å². The van der Waals surface area contributed by atoms with E-state index in [2.05, 4.69) is 10.3 Å². The van der Waals surface area contributed by atoms with Gasteiger partial charge >= 0.3 is 5.97 Å². The quantitative estimate of drug-likeness (QED) is 0.789. The lowest BCUT2D eigenvalue weighted by molar-refractivity contribution is -0.141. The van der Waals surface area contributed by atoms with Gasteiger partial charge in [0.25, 0.3) is 0 Å². The number of carboxylic acid groups (broad SMARTS) is 1. The molecule has 1 unspecified atom stereocenters. The van der Waals surface area contributed by atoms with E-state index in [1.165, 1.54) is 6.20 Å². The minimum absolute atomic E-state index is 0. The van der Waals surface area contributed by atoms with Gasteiger partial charge in [-0.1, -0.05) is 6.07 Å². The molecule has 1 aliphatic rings. The topological polar surface area (TPSA) is 99.6 Å². The smallest absolute Gasteiger partial charge is 0.323 e. The molecule has 112 valence electrons. The van der Waals surface area contributed by atoms with E-state index in [0.29, 0.717) is 12.1 Å². The van der Waals surface area contributed by atoms with Gasteiger partial charge in [-0.05, 0) is 11.6 Å². The Hall–Kier alpha value is -1.22. The van der Waals surface area contributed by atoms with Crippen molar-refractivity contribution in [2.45, 2.75) is 11.8 Å². The van der Waals surface area contributed by atoms with E-state index >= 15 is 0 Å². The predicted molar refractivity (Wildman–Crippen MR) is 75.1 cm³/mol. The van der Waals surface area contributed by atoms with Crippen molar-refractivity contribution in [2.24, 2.45) is 0 Å². The van der Waals surface area contributed by atoms with Gasteiger partial charge in [0.1, 0.15) is 6.04 Å². The Morgan fingerprint density at radius 1 is 1.55 bits per heavy atom. The standard InChI is InChI=1S/C11H15N3O4S.ClH/c15-11(16)10-7-13-4-5-14(10)19(17,18)8-9-2-1-3-12-6-9;/h1-3,6,10,13H,4-5,7-8H2,(H,15,16);1H. The summed E-state index contributed by atoms with van der Waals surface area (Å²) in [5.41, 5.74) is 0.546. The number of halogens is 1. The van der Waals surface area contributed by atoms with Gasteiger partial charge in [-0.15, -0.1) is 12.4 Å². The zero-order valence-corrected chi connectivity index (χ0v) is 12.2. The Bertz CT molecular complexity index is 552. The van der Waals surface area contributed by atoms with Crippen LogP contribution in [-0.2, 0) is 20.6 Å². The molecular weight excluding hydrogens is 306 g/mol. The highest BCUT2D eigenvalue weighted by molar-refractivity contribution is 7.88. The minimum Gasteiger partial charge on any atom is -0.480 e. The molecule has 2 heterocycles. The number of carboxylic acids is 1. The maximum Gasteiger partial charge on any atom is 0.323 e. The lowest BCUT2D eigenvalue weighted by Crippen LogP contribution is -2.57. The summed E-state index contributed by atoms with van der Waals surface area (Å²) in [7, 11) is -3.66. The normalized spacial score (nSPS) is 20.1. The number of sulfonamides is 1. The number of piperazine rings is 1. The maximum atomic E-state index is 12.3. The zero-order valence-electron chi connectivity index (χ0n) is 10.6. The van der Waals surface area contributed by atoms with Crippen LogP contribution in [0.15, 0.2) is 24.5 Å². The zero-order chi connectivity index (χ0) is 13.9. The molecule has 1 fully saturated rings. The summed E-state index contributed by atoms with van der Waals surface area (Å²) in [6, 6.07) is 2.26. The third-order valence-electron chi connectivity index (χ3n) is 2.91. The van der Waals surface area contributed by atoms with Gasteiger partial charge in [0.05, 0.1) is 5.75 Å². The van der Waals surface area contributed by atoms with E-state index in [1.807, 2.05) is 0 Å². The second-order valence-corrected chi connectivity index (χ2v) is 6.21. The molecule has 0 bridgehead atoms. The number of hydrogen-bond donors (Lipinski definition) is 2. The number of nitrogens with one attached hydrogen (secondary N) is 1. The first-order valence-corrected chi connectivity index (χ1v) is 7.43. The highest BCUT2D eigenvalue weighted by atomic mass is 35.5. The SMILES string of the molecule is Cl.O=C(O)C1CNCCN1S(=O)(=O)Cc1cccnc1. The van der Waals surface area contributed by atoms with Crippen molar-refractivity contribution in [2.75, 3.05) is 19.6 Å². The summed E-state index contributed by atoms with van der Waals surface area (Å²) in [5.74, 6) is -1.37. The fourth-order valence-corrected chi connectivity index (χ4v) is 3.69. The lowest BCUT2D eigenvalue weighted by Gasteiger charge is -2.32. The van der Waals surface area contributed by atoms with Crippen molar-refractivity contribution < 1.29 is 18.3 Å². The van der Waals surface area contributed by atoms with Crippen LogP contribution in [0.2, 0.25) is 0 Å². The number of aliphatic carboxylic acids is 1. The predicted octanol–water partition coefficient (Wildman–Crippen LogP) is -0.308. The first kappa shape index (κ1) is 16.8. The summed E-state index contributed by atoms with van der Waals surface area (Å²) in [6.45, 7) is 0.747. The molecule has 0 aliphatic carbocycles. The van der Waals surface area contributed by atoms with Gasteiger partial charge in [0, 0.05) is 32.0 Å². The Labute approximate surface area is 123 Å². The number of pyridine rings is 1. The van der Waals surface area contributed by atoms with Crippen molar-refractivity contribution in [3.63, 3.8) is 0 Å². The summed E-state index contributed by atoms with van der Waals surface area (Å²) >= 11 is 0. The van der Waals surface area contributed by atoms with Crippen molar-refractivity contribution in [1.29, 1.82) is 0 Å². The van der Waals surface area contributed by atoms with Crippen molar-refractivity contribution in [1.82, 2.24) is 14.6 Å². The molecule has 9 heteroatoms. The van der Waals surface area contributed by atoms with Crippen LogP contribution in [0.3, 0.4) is 0 Å². The molecule has 1 atom stereocenters. The molecule has 0 spiro atoms. The van der Waals surface area contributed by atoms with Crippen LogP contribution in [0.25, 0.3) is 0 Å². The van der Waals surface area contributed by atoms with Crippen LogP contribution in [0.4, 0.5) is 0 Å². The Morgan fingerprint density at radius 2 is 2.30 bits per heavy atom. The van der Waals surface area contributed by atoms with Crippen molar-refractivity contribution >= 4 is 28.4 Å². The van der Waals surface area contributed by atoms with Crippen molar-refractivity contribution in [3.05, 3.63) is 30.1 Å². The molecule has 1 saturated heterocycles. The number of rotatable bonds is 4. The Morgan fingerprint density at radius 3 is 2.90 bits per heavy atom. The monoisotopic (exact) mass is 321 g/mol. The van der Waals surface area contributed by atoms with Gasteiger partial charge in [0.2, 0.25) is 10.0 Å². The first-order chi connectivity index (χ1) is 9.00. The molecule has 0 saturated carbocycles. The molecule has 0 aromatic carbocycles. The first-order valence-electron chi connectivity index (χ1n) is 5.82. The number of nitrogens with zero attached hydrogens (tertiary/aromatic N) is 2. The van der Waals surface area contributed by atoms with E-state index < -0.39 is 22.0 Å². The second-order valence-electron chi connectivity index (χ2n) is 4.29.